The van der Waals surface area contributed by atoms with Crippen LogP contribution >= 0.6 is 12.2 Å². The molecule has 0 aliphatic carbocycles. The highest BCUT2D eigenvalue weighted by Gasteiger charge is 2.41. The standard InChI is InChI=1S/C34H33N5OS/c1-23-21-28(24(2)39(23)22-25-11-4-3-5-12-25)33-32(30-16-8-9-19-35-30)37-34(41)38(33)20-18-31(40)36-29-17-10-14-26-13-6-7-15-27(26)29/h3-17,19,21,32-33H,18,20,22H2,1-2H3,(H,36,40)(H,37,41)/t32-,33-/m1/s1. The van der Waals surface area contributed by atoms with Crippen LogP contribution in [-0.4, -0.2) is 32.0 Å². The fourth-order valence-corrected chi connectivity index (χ4v) is 6.22. The molecular weight excluding hydrogens is 526 g/mol. The number of fused-ring (bicyclic) bond motifs is 1. The van der Waals surface area contributed by atoms with Crippen LogP contribution in [0.4, 0.5) is 5.69 Å². The quantitative estimate of drug-likeness (QED) is 0.207. The van der Waals surface area contributed by atoms with Gasteiger partial charge >= 0.3 is 0 Å². The molecule has 2 atom stereocenters. The number of aryl methyl sites for hydroxylation is 1. The zero-order valence-electron chi connectivity index (χ0n) is 23.2. The van der Waals surface area contributed by atoms with Crippen molar-refractivity contribution in [2.24, 2.45) is 0 Å². The molecule has 0 spiro atoms. The van der Waals surface area contributed by atoms with Crippen molar-refractivity contribution in [1.82, 2.24) is 19.8 Å². The zero-order valence-corrected chi connectivity index (χ0v) is 24.1. The Morgan fingerprint density at radius 3 is 2.51 bits per heavy atom. The van der Waals surface area contributed by atoms with Gasteiger partial charge in [-0.05, 0) is 66.8 Å². The lowest BCUT2D eigenvalue weighted by atomic mass is 9.96. The predicted octanol–water partition coefficient (Wildman–Crippen LogP) is 6.70. The Kier molecular flexibility index (Phi) is 7.53. The monoisotopic (exact) mass is 559 g/mol. The van der Waals surface area contributed by atoms with Gasteiger partial charge in [-0.25, -0.2) is 0 Å². The molecule has 0 saturated carbocycles. The Hall–Kier alpha value is -4.49. The number of carbonyl (C=O) groups is 1. The van der Waals surface area contributed by atoms with Crippen LogP contribution in [-0.2, 0) is 11.3 Å². The Balaban J connectivity index is 1.28. The van der Waals surface area contributed by atoms with Crippen LogP contribution in [0.2, 0.25) is 0 Å². The van der Waals surface area contributed by atoms with Crippen LogP contribution in [0.1, 0.15) is 46.7 Å². The third-order valence-corrected chi connectivity index (χ3v) is 8.31. The molecule has 206 valence electrons. The minimum atomic E-state index is -0.129. The van der Waals surface area contributed by atoms with Gasteiger partial charge in [0.05, 0.1) is 17.8 Å². The second-order valence-corrected chi connectivity index (χ2v) is 10.9. The second kappa shape index (κ2) is 11.6. The van der Waals surface area contributed by atoms with Gasteiger partial charge < -0.3 is 20.1 Å². The first-order chi connectivity index (χ1) is 20.0. The number of hydrogen-bond donors (Lipinski definition) is 2. The maximum Gasteiger partial charge on any atom is 0.226 e. The summed E-state index contributed by atoms with van der Waals surface area (Å²) in [7, 11) is 0. The third kappa shape index (κ3) is 5.45. The Morgan fingerprint density at radius 2 is 1.71 bits per heavy atom. The fraction of sp³-hybridized carbons (Fsp3) is 0.206. The highest BCUT2D eigenvalue weighted by atomic mass is 32.1. The van der Waals surface area contributed by atoms with Gasteiger partial charge in [-0.1, -0.05) is 72.8 Å². The van der Waals surface area contributed by atoms with E-state index in [1.165, 1.54) is 22.5 Å². The van der Waals surface area contributed by atoms with Gasteiger partial charge in [0.25, 0.3) is 0 Å². The van der Waals surface area contributed by atoms with Gasteiger partial charge in [0.1, 0.15) is 0 Å². The lowest BCUT2D eigenvalue weighted by Crippen LogP contribution is -2.33. The summed E-state index contributed by atoms with van der Waals surface area (Å²) in [6.07, 6.45) is 2.12. The highest BCUT2D eigenvalue weighted by molar-refractivity contribution is 7.80. The maximum atomic E-state index is 13.2. The van der Waals surface area contributed by atoms with E-state index >= 15 is 0 Å². The van der Waals surface area contributed by atoms with Crippen LogP contribution in [0, 0.1) is 13.8 Å². The molecule has 0 unspecified atom stereocenters. The van der Waals surface area contributed by atoms with E-state index in [0.717, 1.165) is 28.7 Å². The molecule has 3 aromatic carbocycles. The molecule has 1 saturated heterocycles. The molecular formula is C34H33N5OS. The topological polar surface area (TPSA) is 62.2 Å². The summed E-state index contributed by atoms with van der Waals surface area (Å²) in [6, 6.07) is 32.5. The smallest absolute Gasteiger partial charge is 0.226 e. The fourth-order valence-electron chi connectivity index (χ4n) is 5.89. The zero-order chi connectivity index (χ0) is 28.3. The number of aromatic nitrogens is 2. The minimum Gasteiger partial charge on any atom is -0.352 e. The molecule has 41 heavy (non-hydrogen) atoms. The first-order valence-electron chi connectivity index (χ1n) is 14.0. The predicted molar refractivity (Wildman–Crippen MR) is 169 cm³/mol. The molecule has 0 radical (unpaired) electrons. The van der Waals surface area contributed by atoms with Gasteiger partial charge in [-0.2, -0.15) is 0 Å². The summed E-state index contributed by atoms with van der Waals surface area (Å²) in [5, 5.41) is 9.41. The van der Waals surface area contributed by atoms with E-state index in [9.17, 15) is 4.79 Å². The van der Waals surface area contributed by atoms with E-state index in [1.54, 1.807) is 0 Å². The van der Waals surface area contributed by atoms with Crippen LogP contribution in [0.15, 0.2) is 103 Å². The van der Waals surface area contributed by atoms with Crippen molar-refractivity contribution < 1.29 is 4.79 Å². The molecule has 1 amide bonds. The number of amides is 1. The summed E-state index contributed by atoms with van der Waals surface area (Å²) < 4.78 is 2.35. The molecule has 1 aliphatic heterocycles. The average Bonchev–Trinajstić information content (AvgIpc) is 3.47. The van der Waals surface area contributed by atoms with Gasteiger partial charge in [-0.15, -0.1) is 0 Å². The van der Waals surface area contributed by atoms with Crippen LogP contribution in [0.25, 0.3) is 10.8 Å². The molecule has 5 aromatic rings. The van der Waals surface area contributed by atoms with Crippen LogP contribution < -0.4 is 10.6 Å². The Labute approximate surface area is 246 Å². The molecule has 0 bridgehead atoms. The van der Waals surface area contributed by atoms with Gasteiger partial charge in [0, 0.05) is 48.2 Å². The van der Waals surface area contributed by atoms with Crippen LogP contribution in [0.5, 0.6) is 0 Å². The van der Waals surface area contributed by atoms with Crippen molar-refractivity contribution in [3.05, 3.63) is 131 Å². The van der Waals surface area contributed by atoms with Crippen LogP contribution in [0.3, 0.4) is 0 Å². The SMILES string of the molecule is Cc1cc([C@@H]2[C@@H](c3ccccn3)NC(=S)N2CCC(=O)Nc2cccc3ccccc23)c(C)n1Cc1ccccc1. The molecule has 7 heteroatoms. The van der Waals surface area contributed by atoms with E-state index in [2.05, 4.69) is 81.4 Å². The summed E-state index contributed by atoms with van der Waals surface area (Å²) in [4.78, 5) is 20.1. The Bertz CT molecular complexity index is 1690. The molecule has 1 fully saturated rings. The number of hydrogen-bond acceptors (Lipinski definition) is 3. The van der Waals surface area contributed by atoms with E-state index in [-0.39, 0.29) is 18.0 Å². The molecule has 1 aliphatic rings. The number of nitrogens with zero attached hydrogens (tertiary/aromatic N) is 3. The number of pyridine rings is 1. The minimum absolute atomic E-state index is 0.0428. The third-order valence-electron chi connectivity index (χ3n) is 7.96. The Morgan fingerprint density at radius 1 is 0.951 bits per heavy atom. The molecule has 2 aromatic heterocycles. The maximum absolute atomic E-state index is 13.2. The summed E-state index contributed by atoms with van der Waals surface area (Å²) in [5.41, 5.74) is 6.57. The normalized spacial score (nSPS) is 16.6. The number of nitrogens with one attached hydrogen (secondary N) is 2. The lowest BCUT2D eigenvalue weighted by molar-refractivity contribution is -0.116. The number of anilines is 1. The van der Waals surface area contributed by atoms with Crippen molar-refractivity contribution in [3.8, 4) is 0 Å². The van der Waals surface area contributed by atoms with Gasteiger partial charge in [0.2, 0.25) is 5.91 Å². The number of thiocarbonyl (C=S) groups is 1. The van der Waals surface area contributed by atoms with Crippen molar-refractivity contribution >= 4 is 39.7 Å². The average molecular weight is 560 g/mol. The van der Waals surface area contributed by atoms with Crippen molar-refractivity contribution in [2.75, 3.05) is 11.9 Å². The first kappa shape index (κ1) is 26.7. The number of benzene rings is 3. The highest BCUT2D eigenvalue weighted by Crippen LogP contribution is 2.41. The number of carbonyl (C=O) groups excluding carboxylic acids is 1. The largest absolute Gasteiger partial charge is 0.352 e. The van der Waals surface area contributed by atoms with E-state index in [0.29, 0.717) is 18.1 Å². The number of rotatable bonds is 8. The van der Waals surface area contributed by atoms with E-state index in [1.807, 2.05) is 60.8 Å². The molecule has 6 rings (SSSR count). The summed E-state index contributed by atoms with van der Waals surface area (Å²) in [6.45, 7) is 5.61. The second-order valence-electron chi connectivity index (χ2n) is 10.5. The van der Waals surface area contributed by atoms with E-state index in [4.69, 9.17) is 12.2 Å². The first-order valence-corrected chi connectivity index (χ1v) is 14.4. The van der Waals surface area contributed by atoms with Crippen molar-refractivity contribution in [1.29, 1.82) is 0 Å². The molecule has 2 N–H and O–H groups in total. The lowest BCUT2D eigenvalue weighted by Gasteiger charge is -2.28. The van der Waals surface area contributed by atoms with Gasteiger partial charge in [0.15, 0.2) is 5.11 Å². The molecule has 3 heterocycles. The summed E-state index contributed by atoms with van der Waals surface area (Å²) >= 11 is 5.88. The van der Waals surface area contributed by atoms with E-state index < -0.39 is 0 Å². The van der Waals surface area contributed by atoms with Gasteiger partial charge in [-0.3, -0.25) is 9.78 Å². The summed E-state index contributed by atoms with van der Waals surface area (Å²) in [5.74, 6) is -0.0428. The van der Waals surface area contributed by atoms with Crippen molar-refractivity contribution in [2.45, 2.75) is 38.9 Å². The van der Waals surface area contributed by atoms with Crippen molar-refractivity contribution in [3.63, 3.8) is 0 Å². The molecule has 6 nitrogen and oxygen atoms in total.